The summed E-state index contributed by atoms with van der Waals surface area (Å²) in [6, 6.07) is 29.7. The number of carbonyl (C=O) groups is 1. The van der Waals surface area contributed by atoms with Crippen LogP contribution in [0.2, 0.25) is 0 Å². The number of hydrogen-bond acceptors (Lipinski definition) is 5. The molecule has 4 aromatic rings. The molecule has 1 N–H and O–H groups in total. The van der Waals surface area contributed by atoms with Crippen LogP contribution < -0.4 is 14.2 Å². The van der Waals surface area contributed by atoms with Crippen LogP contribution in [-0.4, -0.2) is 17.5 Å². The highest BCUT2D eigenvalue weighted by atomic mass is 16.5. The maximum atomic E-state index is 13.0. The van der Waals surface area contributed by atoms with Crippen LogP contribution in [0.3, 0.4) is 0 Å². The van der Waals surface area contributed by atoms with Gasteiger partial charge in [-0.25, -0.2) is 0 Å². The monoisotopic (exact) mass is 480 g/mol. The molecule has 0 saturated heterocycles. The highest BCUT2D eigenvalue weighted by Crippen LogP contribution is 2.29. The van der Waals surface area contributed by atoms with Gasteiger partial charge in [0.2, 0.25) is 0 Å². The van der Waals surface area contributed by atoms with Crippen LogP contribution in [0.25, 0.3) is 6.08 Å². The first kappa shape index (κ1) is 24.6. The fourth-order valence-corrected chi connectivity index (χ4v) is 3.57. The lowest BCUT2D eigenvalue weighted by atomic mass is 10.1. The van der Waals surface area contributed by atoms with Gasteiger partial charge in [-0.3, -0.25) is 4.79 Å². The van der Waals surface area contributed by atoms with Crippen molar-refractivity contribution >= 4 is 11.9 Å². The lowest BCUT2D eigenvalue weighted by Crippen LogP contribution is -2.03. The van der Waals surface area contributed by atoms with E-state index in [9.17, 15) is 9.90 Å². The number of allylic oxidation sites excluding steroid dienone is 1. The molecule has 0 aromatic heterocycles. The number of aromatic hydroxyl groups is 1. The summed E-state index contributed by atoms with van der Waals surface area (Å²) in [4.78, 5) is 13.0. The number of rotatable bonds is 11. The number of phenols is 1. The summed E-state index contributed by atoms with van der Waals surface area (Å²) in [6.07, 6.45) is 3.00. The fraction of sp³-hybridized carbons (Fsp3) is 0.129. The molecule has 0 fully saturated rings. The van der Waals surface area contributed by atoms with Gasteiger partial charge >= 0.3 is 0 Å². The van der Waals surface area contributed by atoms with Gasteiger partial charge in [0.15, 0.2) is 5.78 Å². The van der Waals surface area contributed by atoms with Crippen molar-refractivity contribution in [1.82, 2.24) is 0 Å². The Hall–Kier alpha value is -4.51. The molecule has 5 nitrogen and oxygen atoms in total. The van der Waals surface area contributed by atoms with Crippen LogP contribution in [0.1, 0.15) is 34.0 Å². The van der Waals surface area contributed by atoms with Crippen LogP contribution in [0.5, 0.6) is 23.0 Å². The molecule has 0 bridgehead atoms. The first-order chi connectivity index (χ1) is 17.6. The Morgan fingerprint density at radius 3 is 2.00 bits per heavy atom. The third-order valence-electron chi connectivity index (χ3n) is 5.43. The van der Waals surface area contributed by atoms with Crippen LogP contribution >= 0.6 is 0 Å². The van der Waals surface area contributed by atoms with Crippen molar-refractivity contribution < 1.29 is 24.1 Å². The highest BCUT2D eigenvalue weighted by molar-refractivity contribution is 6.08. The standard InChI is InChI=1S/C31H28O5/c1-2-34-27-16-17-28(31(20-27)36-22-24-11-7-4-8-12-24)29(32)18-14-25-13-15-26(19-30(25)33)35-21-23-9-5-3-6-10-23/h3-20,33H,2,21-22H2,1H3. The quantitative estimate of drug-likeness (QED) is 0.188. The van der Waals surface area contributed by atoms with Gasteiger partial charge in [0.05, 0.1) is 12.2 Å². The Bertz CT molecular complexity index is 1310. The number of carbonyl (C=O) groups excluding carboxylic acids is 1. The Morgan fingerprint density at radius 2 is 1.36 bits per heavy atom. The third kappa shape index (κ3) is 6.76. The number of hydrogen-bond donors (Lipinski definition) is 1. The number of ketones is 1. The summed E-state index contributed by atoms with van der Waals surface area (Å²) in [5.74, 6) is 1.39. The largest absolute Gasteiger partial charge is 0.507 e. The van der Waals surface area contributed by atoms with Crippen LogP contribution in [-0.2, 0) is 13.2 Å². The molecule has 0 radical (unpaired) electrons. The molecule has 182 valence electrons. The Balaban J connectivity index is 1.46. The molecule has 0 spiro atoms. The van der Waals surface area contributed by atoms with Gasteiger partial charge in [-0.1, -0.05) is 60.7 Å². The normalized spacial score (nSPS) is 10.8. The molecule has 0 amide bonds. The van der Waals surface area contributed by atoms with E-state index in [2.05, 4.69) is 0 Å². The van der Waals surface area contributed by atoms with Gasteiger partial charge in [0.25, 0.3) is 0 Å². The topological polar surface area (TPSA) is 65.0 Å². The number of ether oxygens (including phenoxy) is 3. The van der Waals surface area contributed by atoms with Gasteiger partial charge in [-0.05, 0) is 54.5 Å². The molecule has 0 aliphatic heterocycles. The molecule has 36 heavy (non-hydrogen) atoms. The highest BCUT2D eigenvalue weighted by Gasteiger charge is 2.13. The second kappa shape index (κ2) is 12.3. The Morgan fingerprint density at radius 1 is 0.750 bits per heavy atom. The predicted octanol–water partition coefficient (Wildman–Crippen LogP) is 6.85. The third-order valence-corrected chi connectivity index (χ3v) is 5.43. The molecule has 0 atom stereocenters. The molecule has 4 rings (SSSR count). The van der Waals surface area contributed by atoms with Crippen molar-refractivity contribution in [1.29, 1.82) is 0 Å². The molecule has 0 aliphatic rings. The molecular weight excluding hydrogens is 452 g/mol. The van der Waals surface area contributed by atoms with Crippen molar-refractivity contribution in [3.05, 3.63) is 125 Å². The molecule has 0 heterocycles. The van der Waals surface area contributed by atoms with E-state index in [0.29, 0.717) is 48.2 Å². The lowest BCUT2D eigenvalue weighted by molar-refractivity contribution is 0.104. The molecule has 0 unspecified atom stereocenters. The molecule has 0 saturated carbocycles. The zero-order valence-electron chi connectivity index (χ0n) is 20.1. The average Bonchev–Trinajstić information content (AvgIpc) is 2.91. The van der Waals surface area contributed by atoms with Gasteiger partial charge < -0.3 is 19.3 Å². The summed E-state index contributed by atoms with van der Waals surface area (Å²) < 4.78 is 17.3. The minimum atomic E-state index is -0.245. The van der Waals surface area contributed by atoms with E-state index in [-0.39, 0.29) is 11.5 Å². The van der Waals surface area contributed by atoms with Crippen molar-refractivity contribution in [3.63, 3.8) is 0 Å². The first-order valence-electron chi connectivity index (χ1n) is 11.8. The van der Waals surface area contributed by atoms with Crippen LogP contribution in [0, 0.1) is 0 Å². The number of phenolic OH excluding ortho intramolecular Hbond substituents is 1. The van der Waals surface area contributed by atoms with Crippen LogP contribution in [0.4, 0.5) is 0 Å². The van der Waals surface area contributed by atoms with E-state index in [4.69, 9.17) is 14.2 Å². The van der Waals surface area contributed by atoms with E-state index >= 15 is 0 Å². The summed E-state index contributed by atoms with van der Waals surface area (Å²) in [5, 5.41) is 10.4. The minimum absolute atomic E-state index is 0.0249. The van der Waals surface area contributed by atoms with Gasteiger partial charge in [-0.2, -0.15) is 0 Å². The number of benzene rings is 4. The summed E-state index contributed by atoms with van der Waals surface area (Å²) >= 11 is 0. The first-order valence-corrected chi connectivity index (χ1v) is 11.8. The van der Waals surface area contributed by atoms with Gasteiger partial charge in [0, 0.05) is 17.7 Å². The van der Waals surface area contributed by atoms with Crippen molar-refractivity contribution in [2.45, 2.75) is 20.1 Å². The molecule has 4 aromatic carbocycles. The molecule has 0 aliphatic carbocycles. The van der Waals surface area contributed by atoms with E-state index in [1.165, 1.54) is 6.08 Å². The van der Waals surface area contributed by atoms with Gasteiger partial charge in [-0.15, -0.1) is 0 Å². The Labute approximate surface area is 211 Å². The molecular formula is C31H28O5. The SMILES string of the molecule is CCOc1ccc(C(=O)C=Cc2ccc(OCc3ccccc3)cc2O)c(OCc2ccccc2)c1. The van der Waals surface area contributed by atoms with E-state index < -0.39 is 0 Å². The smallest absolute Gasteiger partial charge is 0.189 e. The Kier molecular flexibility index (Phi) is 8.39. The van der Waals surface area contributed by atoms with E-state index in [0.717, 1.165) is 11.1 Å². The minimum Gasteiger partial charge on any atom is -0.507 e. The van der Waals surface area contributed by atoms with Crippen LogP contribution in [0.15, 0.2) is 103 Å². The van der Waals surface area contributed by atoms with E-state index in [1.807, 2.05) is 67.6 Å². The van der Waals surface area contributed by atoms with Crippen molar-refractivity contribution in [2.24, 2.45) is 0 Å². The zero-order chi connectivity index (χ0) is 25.2. The van der Waals surface area contributed by atoms with Crippen molar-refractivity contribution in [3.8, 4) is 23.0 Å². The summed E-state index contributed by atoms with van der Waals surface area (Å²) in [7, 11) is 0. The second-order valence-electron chi connectivity index (χ2n) is 8.06. The lowest BCUT2D eigenvalue weighted by Gasteiger charge is -2.12. The van der Waals surface area contributed by atoms with Gasteiger partial charge in [0.1, 0.15) is 36.2 Å². The van der Waals surface area contributed by atoms with E-state index in [1.54, 1.807) is 42.5 Å². The maximum Gasteiger partial charge on any atom is 0.189 e. The second-order valence-corrected chi connectivity index (χ2v) is 8.06. The average molecular weight is 481 g/mol. The fourth-order valence-electron chi connectivity index (χ4n) is 3.57. The molecule has 5 heteroatoms. The summed E-state index contributed by atoms with van der Waals surface area (Å²) in [5.41, 5.74) is 2.95. The maximum absolute atomic E-state index is 13.0. The zero-order valence-corrected chi connectivity index (χ0v) is 20.1. The predicted molar refractivity (Wildman–Crippen MR) is 141 cm³/mol. The summed E-state index contributed by atoms with van der Waals surface area (Å²) in [6.45, 7) is 3.13. The van der Waals surface area contributed by atoms with Crippen molar-refractivity contribution in [2.75, 3.05) is 6.61 Å².